The average Bonchev–Trinajstić information content (AvgIpc) is 3.16. The highest BCUT2D eigenvalue weighted by molar-refractivity contribution is 7.92. The molecule has 0 aromatic heterocycles. The Kier molecular flexibility index (Phi) is 5.55. The first kappa shape index (κ1) is 19.0. The number of hydrogen-bond acceptors (Lipinski definition) is 5. The second-order valence-corrected chi connectivity index (χ2v) is 8.01. The number of hydrogen-bond donors (Lipinski definition) is 2. The lowest BCUT2D eigenvalue weighted by Gasteiger charge is -2.22. The number of anilines is 3. The van der Waals surface area contributed by atoms with Gasteiger partial charge in [0.05, 0.1) is 18.5 Å². The average molecular weight is 389 g/mol. The smallest absolute Gasteiger partial charge is 0.265 e. The molecule has 1 fully saturated rings. The van der Waals surface area contributed by atoms with Gasteiger partial charge in [0.25, 0.3) is 10.0 Å². The normalized spacial score (nSPS) is 14.1. The van der Waals surface area contributed by atoms with Gasteiger partial charge in [-0.3, -0.25) is 9.52 Å². The molecule has 1 aliphatic heterocycles. The first-order valence-electron chi connectivity index (χ1n) is 8.73. The van der Waals surface area contributed by atoms with E-state index in [1.807, 2.05) is 12.1 Å². The quantitative estimate of drug-likeness (QED) is 0.793. The van der Waals surface area contributed by atoms with E-state index in [-0.39, 0.29) is 16.6 Å². The Bertz CT molecular complexity index is 938. The fourth-order valence-electron chi connectivity index (χ4n) is 3.16. The Morgan fingerprint density at radius 2 is 1.81 bits per heavy atom. The zero-order valence-electron chi connectivity index (χ0n) is 15.4. The first-order valence-corrected chi connectivity index (χ1v) is 10.2. The fourth-order valence-corrected chi connectivity index (χ4v) is 4.43. The van der Waals surface area contributed by atoms with Crippen molar-refractivity contribution < 1.29 is 17.9 Å². The number of amides is 1. The van der Waals surface area contributed by atoms with Crippen LogP contribution in [0.15, 0.2) is 47.4 Å². The number of sulfonamides is 1. The van der Waals surface area contributed by atoms with Gasteiger partial charge in [-0.1, -0.05) is 12.1 Å². The minimum absolute atomic E-state index is 0.0347. The van der Waals surface area contributed by atoms with E-state index in [1.54, 1.807) is 18.2 Å². The van der Waals surface area contributed by atoms with Gasteiger partial charge in [-0.2, -0.15) is 0 Å². The van der Waals surface area contributed by atoms with Gasteiger partial charge in [-0.25, -0.2) is 8.42 Å². The second kappa shape index (κ2) is 7.87. The van der Waals surface area contributed by atoms with Crippen molar-refractivity contribution in [3.63, 3.8) is 0 Å². The third-order valence-electron chi connectivity index (χ3n) is 4.37. The zero-order chi connectivity index (χ0) is 19.4. The van der Waals surface area contributed by atoms with Crippen molar-refractivity contribution in [1.82, 2.24) is 0 Å². The van der Waals surface area contributed by atoms with Crippen molar-refractivity contribution in [2.75, 3.05) is 35.1 Å². The van der Waals surface area contributed by atoms with Gasteiger partial charge in [0.15, 0.2) is 0 Å². The van der Waals surface area contributed by atoms with E-state index >= 15 is 0 Å². The molecule has 0 saturated carbocycles. The maximum absolute atomic E-state index is 13.1. The SMILES string of the molecule is COc1ccc(NC(C)=O)cc1S(=O)(=O)Nc1ccccc1N1CCCC1. The molecular weight excluding hydrogens is 366 g/mol. The van der Waals surface area contributed by atoms with Crippen molar-refractivity contribution in [1.29, 1.82) is 0 Å². The van der Waals surface area contributed by atoms with Crippen LogP contribution in [0, 0.1) is 0 Å². The van der Waals surface area contributed by atoms with E-state index in [0.717, 1.165) is 31.6 Å². The zero-order valence-corrected chi connectivity index (χ0v) is 16.2. The van der Waals surface area contributed by atoms with Crippen LogP contribution in [0.4, 0.5) is 17.1 Å². The number of ether oxygens (including phenoxy) is 1. The number of rotatable bonds is 6. The third-order valence-corrected chi connectivity index (χ3v) is 5.76. The molecule has 144 valence electrons. The van der Waals surface area contributed by atoms with Crippen molar-refractivity contribution >= 4 is 33.0 Å². The largest absolute Gasteiger partial charge is 0.495 e. The molecule has 2 aromatic rings. The number of methoxy groups -OCH3 is 1. The summed E-state index contributed by atoms with van der Waals surface area (Å²) in [4.78, 5) is 13.4. The van der Waals surface area contributed by atoms with E-state index in [0.29, 0.717) is 11.4 Å². The van der Waals surface area contributed by atoms with Gasteiger partial charge >= 0.3 is 0 Å². The minimum atomic E-state index is -3.92. The van der Waals surface area contributed by atoms with Crippen LogP contribution < -0.4 is 19.7 Å². The molecule has 27 heavy (non-hydrogen) atoms. The summed E-state index contributed by atoms with van der Waals surface area (Å²) in [5, 5.41) is 2.59. The second-order valence-electron chi connectivity index (χ2n) is 6.36. The van der Waals surface area contributed by atoms with Crippen molar-refractivity contribution in [3.05, 3.63) is 42.5 Å². The molecule has 1 aliphatic rings. The molecule has 0 unspecified atom stereocenters. The summed E-state index contributed by atoms with van der Waals surface area (Å²) in [6.07, 6.45) is 2.18. The van der Waals surface area contributed by atoms with E-state index in [9.17, 15) is 13.2 Å². The summed E-state index contributed by atoms with van der Waals surface area (Å²) in [6.45, 7) is 3.17. The lowest BCUT2D eigenvalue weighted by Crippen LogP contribution is -2.21. The van der Waals surface area contributed by atoms with Crippen LogP contribution in [-0.4, -0.2) is 34.5 Å². The Morgan fingerprint density at radius 3 is 2.48 bits per heavy atom. The maximum atomic E-state index is 13.1. The van der Waals surface area contributed by atoms with Crippen LogP contribution in [-0.2, 0) is 14.8 Å². The van der Waals surface area contributed by atoms with Gasteiger partial charge in [0.1, 0.15) is 10.6 Å². The van der Waals surface area contributed by atoms with Crippen LogP contribution in [0.2, 0.25) is 0 Å². The summed E-state index contributed by atoms with van der Waals surface area (Å²) in [7, 11) is -2.51. The summed E-state index contributed by atoms with van der Waals surface area (Å²) in [5.74, 6) is -0.0777. The number of nitrogens with zero attached hydrogens (tertiary/aromatic N) is 1. The van der Waals surface area contributed by atoms with E-state index in [1.165, 1.54) is 26.2 Å². The molecule has 3 rings (SSSR count). The summed E-state index contributed by atoms with van der Waals surface area (Å²) >= 11 is 0. The number of para-hydroxylation sites is 2. The Balaban J connectivity index is 1.97. The number of carbonyl (C=O) groups is 1. The molecule has 2 aromatic carbocycles. The molecule has 0 aliphatic carbocycles. The molecular formula is C19H23N3O4S. The standard InChI is InChI=1S/C19H23N3O4S/c1-14(23)20-15-9-10-18(26-2)19(13-15)27(24,25)21-16-7-3-4-8-17(16)22-11-5-6-12-22/h3-4,7-10,13,21H,5-6,11-12H2,1-2H3,(H,20,23). The summed E-state index contributed by atoms with van der Waals surface area (Å²) < 4.78 is 34.0. The van der Waals surface area contributed by atoms with Gasteiger partial charge in [0, 0.05) is 25.7 Å². The van der Waals surface area contributed by atoms with Gasteiger partial charge in [0.2, 0.25) is 5.91 Å². The molecule has 7 nitrogen and oxygen atoms in total. The minimum Gasteiger partial charge on any atom is -0.495 e. The van der Waals surface area contributed by atoms with Crippen LogP contribution in [0.3, 0.4) is 0 Å². The predicted octanol–water partition coefficient (Wildman–Crippen LogP) is 3.05. The van der Waals surface area contributed by atoms with E-state index < -0.39 is 10.0 Å². The molecule has 8 heteroatoms. The molecule has 2 N–H and O–H groups in total. The molecule has 1 amide bonds. The Morgan fingerprint density at radius 1 is 1.11 bits per heavy atom. The van der Waals surface area contributed by atoms with E-state index in [2.05, 4.69) is 14.9 Å². The van der Waals surface area contributed by atoms with Crippen molar-refractivity contribution in [2.45, 2.75) is 24.7 Å². The predicted molar refractivity (Wildman–Crippen MR) is 106 cm³/mol. The number of nitrogens with one attached hydrogen (secondary N) is 2. The van der Waals surface area contributed by atoms with Crippen LogP contribution in [0.25, 0.3) is 0 Å². The summed E-state index contributed by atoms with van der Waals surface area (Å²) in [5.41, 5.74) is 1.76. The Hall–Kier alpha value is -2.74. The highest BCUT2D eigenvalue weighted by atomic mass is 32.2. The van der Waals surface area contributed by atoms with Crippen LogP contribution >= 0.6 is 0 Å². The Labute approximate surface area is 159 Å². The highest BCUT2D eigenvalue weighted by Gasteiger charge is 2.23. The topological polar surface area (TPSA) is 87.7 Å². The number of benzene rings is 2. The van der Waals surface area contributed by atoms with Crippen LogP contribution in [0.5, 0.6) is 5.75 Å². The van der Waals surface area contributed by atoms with Gasteiger partial charge in [-0.15, -0.1) is 0 Å². The molecule has 1 heterocycles. The number of carbonyl (C=O) groups excluding carboxylic acids is 1. The van der Waals surface area contributed by atoms with Gasteiger partial charge < -0.3 is 15.0 Å². The monoisotopic (exact) mass is 389 g/mol. The molecule has 0 bridgehead atoms. The lowest BCUT2D eigenvalue weighted by atomic mass is 10.2. The molecule has 1 saturated heterocycles. The van der Waals surface area contributed by atoms with Gasteiger partial charge in [-0.05, 0) is 43.2 Å². The maximum Gasteiger partial charge on any atom is 0.265 e. The highest BCUT2D eigenvalue weighted by Crippen LogP contribution is 2.33. The lowest BCUT2D eigenvalue weighted by molar-refractivity contribution is -0.114. The van der Waals surface area contributed by atoms with Crippen molar-refractivity contribution in [3.8, 4) is 5.75 Å². The van der Waals surface area contributed by atoms with Crippen LogP contribution in [0.1, 0.15) is 19.8 Å². The fraction of sp³-hybridized carbons (Fsp3) is 0.316. The van der Waals surface area contributed by atoms with Crippen molar-refractivity contribution in [2.24, 2.45) is 0 Å². The summed E-state index contributed by atoms with van der Waals surface area (Å²) in [6, 6.07) is 11.8. The third kappa shape index (κ3) is 4.33. The molecule has 0 spiro atoms. The van der Waals surface area contributed by atoms with E-state index in [4.69, 9.17) is 4.74 Å². The molecule has 0 atom stereocenters. The molecule has 0 radical (unpaired) electrons. The first-order chi connectivity index (χ1) is 12.9.